The van der Waals surface area contributed by atoms with E-state index in [1.54, 1.807) is 0 Å². The molecule has 4 rings (SSSR count). The van der Waals surface area contributed by atoms with Crippen LogP contribution in [0.2, 0.25) is 0 Å². The molecule has 1 nitrogen and oxygen atoms in total. The quantitative estimate of drug-likeness (QED) is 0.318. The number of hydrogen-bond acceptors (Lipinski definition) is 1. The highest BCUT2D eigenvalue weighted by Gasteiger charge is 2.25. The van der Waals surface area contributed by atoms with Crippen LogP contribution < -0.4 is 0 Å². The summed E-state index contributed by atoms with van der Waals surface area (Å²) >= 11 is 0. The van der Waals surface area contributed by atoms with Crippen molar-refractivity contribution in [3.8, 4) is 24.7 Å². The van der Waals surface area contributed by atoms with Crippen molar-refractivity contribution in [3.63, 3.8) is 0 Å². The molecular weight excluding hydrogens is 376 g/mol. The average Bonchev–Trinajstić information content (AvgIpc) is 2.83. The molecule has 0 radical (unpaired) electrons. The molecule has 0 aliphatic rings. The van der Waals surface area contributed by atoms with E-state index < -0.39 is 12.2 Å². The first-order valence-corrected chi connectivity index (χ1v) is 10.7. The largest absolute Gasteiger partial charge is 0.348 e. The van der Waals surface area contributed by atoms with E-state index in [1.165, 1.54) is 21.5 Å². The molecule has 4 atom stereocenters. The minimum absolute atomic E-state index is 0.0225. The van der Waals surface area contributed by atoms with Gasteiger partial charge in [-0.3, -0.25) is 0 Å². The van der Waals surface area contributed by atoms with Crippen molar-refractivity contribution in [1.29, 1.82) is 0 Å². The summed E-state index contributed by atoms with van der Waals surface area (Å²) in [5.41, 5.74) is 2.30. The zero-order valence-electron chi connectivity index (χ0n) is 18.0. The van der Waals surface area contributed by atoms with Gasteiger partial charge in [0, 0.05) is 11.8 Å². The molecule has 0 aliphatic carbocycles. The molecule has 0 N–H and O–H groups in total. The van der Waals surface area contributed by atoms with Gasteiger partial charge in [-0.2, -0.15) is 0 Å². The molecule has 1 heteroatoms. The Morgan fingerprint density at radius 2 is 0.968 bits per heavy atom. The van der Waals surface area contributed by atoms with E-state index >= 15 is 0 Å². The Morgan fingerprint density at radius 1 is 0.581 bits per heavy atom. The highest BCUT2D eigenvalue weighted by atomic mass is 16.5. The zero-order valence-corrected chi connectivity index (χ0v) is 18.0. The normalized spacial score (nSPS) is 15.0. The lowest BCUT2D eigenvalue weighted by Gasteiger charge is -2.27. The first-order chi connectivity index (χ1) is 15.1. The summed E-state index contributed by atoms with van der Waals surface area (Å²) in [6.45, 7) is 4.20. The lowest BCUT2D eigenvalue weighted by Crippen LogP contribution is -2.28. The van der Waals surface area contributed by atoms with Crippen LogP contribution >= 0.6 is 0 Å². The molecule has 0 aliphatic heterocycles. The molecule has 31 heavy (non-hydrogen) atoms. The van der Waals surface area contributed by atoms with Crippen LogP contribution in [-0.2, 0) is 4.74 Å². The Balaban J connectivity index is 1.56. The van der Waals surface area contributed by atoms with Crippen molar-refractivity contribution < 1.29 is 4.74 Å². The minimum atomic E-state index is -0.412. The number of terminal acetylenes is 2. The summed E-state index contributed by atoms with van der Waals surface area (Å²) in [6, 6.07) is 29.5. The summed E-state index contributed by atoms with van der Waals surface area (Å²) in [5.74, 6) is 5.71. The van der Waals surface area contributed by atoms with E-state index in [9.17, 15) is 0 Å². The third-order valence-corrected chi connectivity index (χ3v) is 6.13. The third-order valence-electron chi connectivity index (χ3n) is 6.13. The van der Waals surface area contributed by atoms with Crippen LogP contribution in [0.25, 0.3) is 21.5 Å². The van der Waals surface area contributed by atoms with Crippen LogP contribution in [0, 0.1) is 24.7 Å². The fraction of sp³-hybridized carbons (Fsp3) is 0.200. The number of rotatable bonds is 6. The topological polar surface area (TPSA) is 9.23 Å². The number of benzene rings is 4. The fourth-order valence-corrected chi connectivity index (χ4v) is 4.09. The lowest BCUT2D eigenvalue weighted by atomic mass is 9.91. The number of hydrogen-bond donors (Lipinski definition) is 0. The molecule has 0 heterocycles. The van der Waals surface area contributed by atoms with Gasteiger partial charge in [0.2, 0.25) is 0 Å². The Bertz CT molecular complexity index is 1190. The first kappa shape index (κ1) is 20.7. The Hall–Kier alpha value is -3.52. The van der Waals surface area contributed by atoms with Gasteiger partial charge in [0.1, 0.15) is 12.2 Å². The predicted octanol–water partition coefficient (Wildman–Crippen LogP) is 6.92. The Morgan fingerprint density at radius 3 is 1.35 bits per heavy atom. The molecule has 0 bridgehead atoms. The highest BCUT2D eigenvalue weighted by Crippen LogP contribution is 2.30. The monoisotopic (exact) mass is 402 g/mol. The molecule has 4 aromatic rings. The van der Waals surface area contributed by atoms with E-state index in [0.29, 0.717) is 0 Å². The van der Waals surface area contributed by atoms with Crippen LogP contribution in [0.1, 0.15) is 36.8 Å². The van der Waals surface area contributed by atoms with Crippen LogP contribution in [0.4, 0.5) is 0 Å². The predicted molar refractivity (Wildman–Crippen MR) is 131 cm³/mol. The van der Waals surface area contributed by atoms with Crippen molar-refractivity contribution in [3.05, 3.63) is 96.1 Å². The molecule has 152 valence electrons. The second-order valence-electron chi connectivity index (χ2n) is 8.10. The van der Waals surface area contributed by atoms with E-state index in [2.05, 4.69) is 86.4 Å². The molecule has 0 saturated carbocycles. The molecule has 0 saturated heterocycles. The highest BCUT2D eigenvalue weighted by molar-refractivity contribution is 5.83. The summed E-state index contributed by atoms with van der Waals surface area (Å²) in [5, 5.41) is 4.81. The van der Waals surface area contributed by atoms with E-state index in [0.717, 1.165) is 11.1 Å². The third kappa shape index (κ3) is 4.34. The SMILES string of the molecule is C#CC(OC(C#C)C(C)c1ccc2ccccc2c1)C(C)c1ccc2ccccc2c1. The molecule has 4 aromatic carbocycles. The first-order valence-electron chi connectivity index (χ1n) is 10.7. The molecule has 0 aromatic heterocycles. The van der Waals surface area contributed by atoms with Gasteiger partial charge < -0.3 is 4.74 Å². The molecular formula is C30H26O. The summed E-state index contributed by atoms with van der Waals surface area (Å²) < 4.78 is 6.33. The maximum Gasteiger partial charge on any atom is 0.126 e. The van der Waals surface area contributed by atoms with Crippen molar-refractivity contribution in [1.82, 2.24) is 0 Å². The van der Waals surface area contributed by atoms with Crippen LogP contribution in [0.5, 0.6) is 0 Å². The number of fused-ring (bicyclic) bond motifs is 2. The fourth-order valence-electron chi connectivity index (χ4n) is 4.09. The van der Waals surface area contributed by atoms with E-state index in [-0.39, 0.29) is 11.8 Å². The lowest BCUT2D eigenvalue weighted by molar-refractivity contribution is 0.0280. The van der Waals surface area contributed by atoms with Gasteiger partial charge in [0.05, 0.1) is 0 Å². The van der Waals surface area contributed by atoms with Gasteiger partial charge in [0.25, 0.3) is 0 Å². The zero-order chi connectivity index (χ0) is 21.8. The van der Waals surface area contributed by atoms with Gasteiger partial charge >= 0.3 is 0 Å². The van der Waals surface area contributed by atoms with Gasteiger partial charge in [-0.05, 0) is 32.7 Å². The summed E-state index contributed by atoms with van der Waals surface area (Å²) in [4.78, 5) is 0. The van der Waals surface area contributed by atoms with E-state index in [1.807, 2.05) is 24.3 Å². The summed E-state index contributed by atoms with van der Waals surface area (Å²) in [6.07, 6.45) is 11.0. The Kier molecular flexibility index (Phi) is 6.08. The minimum Gasteiger partial charge on any atom is -0.348 e. The average molecular weight is 403 g/mol. The van der Waals surface area contributed by atoms with Crippen molar-refractivity contribution in [2.75, 3.05) is 0 Å². The van der Waals surface area contributed by atoms with Crippen molar-refractivity contribution in [2.45, 2.75) is 37.9 Å². The Labute approximate surface area is 185 Å². The van der Waals surface area contributed by atoms with E-state index in [4.69, 9.17) is 17.6 Å². The van der Waals surface area contributed by atoms with Gasteiger partial charge in [-0.25, -0.2) is 0 Å². The smallest absolute Gasteiger partial charge is 0.126 e. The number of ether oxygens (including phenoxy) is 1. The molecule has 0 fully saturated rings. The van der Waals surface area contributed by atoms with Crippen LogP contribution in [0.15, 0.2) is 84.9 Å². The van der Waals surface area contributed by atoms with Crippen molar-refractivity contribution >= 4 is 21.5 Å². The molecule has 4 unspecified atom stereocenters. The molecule has 0 amide bonds. The summed E-state index contributed by atoms with van der Waals surface area (Å²) in [7, 11) is 0. The standard InChI is InChI=1S/C30H26O/c1-5-29(21(3)25-17-15-23-11-7-9-13-27(23)19-25)31-30(6-2)22(4)26-18-16-24-12-8-10-14-28(24)20-26/h1-2,7-22,29-30H,3-4H3. The second kappa shape index (κ2) is 9.09. The van der Waals surface area contributed by atoms with Gasteiger partial charge in [0.15, 0.2) is 0 Å². The molecule has 0 spiro atoms. The van der Waals surface area contributed by atoms with Gasteiger partial charge in [-0.1, -0.05) is 111 Å². The van der Waals surface area contributed by atoms with Crippen LogP contribution in [0.3, 0.4) is 0 Å². The van der Waals surface area contributed by atoms with Crippen molar-refractivity contribution in [2.24, 2.45) is 0 Å². The van der Waals surface area contributed by atoms with Gasteiger partial charge in [-0.15, -0.1) is 12.8 Å². The van der Waals surface area contributed by atoms with Crippen LogP contribution in [-0.4, -0.2) is 12.2 Å². The maximum absolute atomic E-state index is 6.33. The maximum atomic E-state index is 6.33. The second-order valence-corrected chi connectivity index (χ2v) is 8.10.